The number of benzene rings is 1. The van der Waals surface area contributed by atoms with Gasteiger partial charge in [-0.05, 0) is 44.4 Å². The number of aliphatic imine (C=N–C) groups is 1. The number of aryl methyl sites for hydroxylation is 1. The molecule has 2 aromatic rings. The highest BCUT2D eigenvalue weighted by Gasteiger charge is 2.27. The summed E-state index contributed by atoms with van der Waals surface area (Å²) in [4.78, 5) is 4.51. The number of aliphatic hydroxyl groups excluding tert-OH is 1. The van der Waals surface area contributed by atoms with Crippen molar-refractivity contribution in [2.75, 3.05) is 26.2 Å². The predicted molar refractivity (Wildman–Crippen MR) is 126 cm³/mol. The van der Waals surface area contributed by atoms with Crippen molar-refractivity contribution in [2.45, 2.75) is 38.9 Å². The number of hydrogen-bond acceptors (Lipinski definition) is 4. The smallest absolute Gasteiger partial charge is 0.191 e. The third-order valence-corrected chi connectivity index (χ3v) is 5.02. The molecule has 3 atom stereocenters. The lowest BCUT2D eigenvalue weighted by molar-refractivity contribution is -0.0265. The van der Waals surface area contributed by atoms with Gasteiger partial charge in [0.1, 0.15) is 11.9 Å². The van der Waals surface area contributed by atoms with Crippen LogP contribution < -0.4 is 10.6 Å². The quantitative estimate of drug-likeness (QED) is 0.297. The molecular formula is C22H32IN3O3. The lowest BCUT2D eigenvalue weighted by Crippen LogP contribution is -2.42. The fraction of sp³-hybridized carbons (Fsp3) is 0.500. The van der Waals surface area contributed by atoms with Crippen LogP contribution in [0.25, 0.3) is 0 Å². The molecular weight excluding hydrogens is 481 g/mol. The van der Waals surface area contributed by atoms with Crippen molar-refractivity contribution in [1.29, 1.82) is 0 Å². The first-order chi connectivity index (χ1) is 13.7. The molecule has 3 N–H and O–H groups in total. The van der Waals surface area contributed by atoms with E-state index in [9.17, 15) is 5.11 Å². The summed E-state index contributed by atoms with van der Waals surface area (Å²) in [6.45, 7) is 6.69. The van der Waals surface area contributed by atoms with Gasteiger partial charge in [0.25, 0.3) is 0 Å². The fourth-order valence-electron chi connectivity index (χ4n) is 3.50. The highest BCUT2D eigenvalue weighted by Crippen LogP contribution is 2.33. The van der Waals surface area contributed by atoms with Crippen molar-refractivity contribution in [1.82, 2.24) is 10.6 Å². The Bertz CT molecular complexity index is 734. The number of furan rings is 1. The molecule has 0 saturated carbocycles. The Morgan fingerprint density at radius 1 is 1.24 bits per heavy atom. The Hall–Kier alpha value is -1.58. The van der Waals surface area contributed by atoms with Gasteiger partial charge in [0.15, 0.2) is 5.96 Å². The first-order valence-electron chi connectivity index (χ1n) is 10.1. The monoisotopic (exact) mass is 513 g/mol. The van der Waals surface area contributed by atoms with Crippen molar-refractivity contribution in [3.8, 4) is 0 Å². The van der Waals surface area contributed by atoms with Gasteiger partial charge in [0.05, 0.1) is 18.9 Å². The van der Waals surface area contributed by atoms with Gasteiger partial charge in [-0.3, -0.25) is 4.99 Å². The molecule has 0 aliphatic carbocycles. The van der Waals surface area contributed by atoms with E-state index in [1.807, 2.05) is 6.92 Å². The molecule has 0 spiro atoms. The Kier molecular flexibility index (Phi) is 9.96. The summed E-state index contributed by atoms with van der Waals surface area (Å²) < 4.78 is 11.3. The number of aliphatic hydroxyl groups is 1. The molecule has 0 radical (unpaired) electrons. The lowest BCUT2D eigenvalue weighted by Gasteiger charge is -2.32. The molecule has 1 fully saturated rings. The van der Waals surface area contributed by atoms with E-state index >= 15 is 0 Å². The molecule has 1 aliphatic heterocycles. The number of nitrogens with one attached hydrogen (secondary N) is 2. The van der Waals surface area contributed by atoms with Gasteiger partial charge < -0.3 is 24.9 Å². The van der Waals surface area contributed by atoms with Gasteiger partial charge in [-0.1, -0.05) is 29.8 Å². The lowest BCUT2D eigenvalue weighted by atomic mass is 9.89. The summed E-state index contributed by atoms with van der Waals surface area (Å²) in [5, 5.41) is 16.8. The second-order valence-corrected chi connectivity index (χ2v) is 7.24. The van der Waals surface area contributed by atoms with E-state index in [0.717, 1.165) is 32.5 Å². The zero-order valence-corrected chi connectivity index (χ0v) is 19.5. The van der Waals surface area contributed by atoms with Gasteiger partial charge in [0, 0.05) is 25.6 Å². The first-order valence-corrected chi connectivity index (χ1v) is 10.1. The Morgan fingerprint density at radius 2 is 2.03 bits per heavy atom. The minimum atomic E-state index is -0.747. The molecule has 1 saturated heterocycles. The molecule has 7 heteroatoms. The third kappa shape index (κ3) is 7.01. The first kappa shape index (κ1) is 23.7. The normalized spacial score (nSPS) is 20.6. The SMILES string of the molecule is CCNC(=NCC(O)c1ccco1)NCC1CCCOC1c1ccc(C)cc1.I. The number of hydrogen-bond donors (Lipinski definition) is 3. The van der Waals surface area contributed by atoms with Crippen LogP contribution in [0.2, 0.25) is 0 Å². The van der Waals surface area contributed by atoms with E-state index in [4.69, 9.17) is 9.15 Å². The summed E-state index contributed by atoms with van der Waals surface area (Å²) in [5.41, 5.74) is 2.48. The van der Waals surface area contributed by atoms with Crippen LogP contribution in [0, 0.1) is 12.8 Å². The minimum Gasteiger partial charge on any atom is -0.467 e. The summed E-state index contributed by atoms with van der Waals surface area (Å²) in [6.07, 6.45) is 3.08. The Morgan fingerprint density at radius 3 is 2.72 bits per heavy atom. The van der Waals surface area contributed by atoms with E-state index in [0.29, 0.717) is 17.6 Å². The molecule has 0 amide bonds. The van der Waals surface area contributed by atoms with E-state index in [-0.39, 0.29) is 36.6 Å². The third-order valence-electron chi connectivity index (χ3n) is 5.02. The van der Waals surface area contributed by atoms with Crippen molar-refractivity contribution < 1.29 is 14.3 Å². The van der Waals surface area contributed by atoms with Gasteiger partial charge in [-0.25, -0.2) is 0 Å². The largest absolute Gasteiger partial charge is 0.467 e. The van der Waals surface area contributed by atoms with Gasteiger partial charge in [0.2, 0.25) is 0 Å². The van der Waals surface area contributed by atoms with Gasteiger partial charge in [-0.15, -0.1) is 24.0 Å². The van der Waals surface area contributed by atoms with Crippen LogP contribution in [0.4, 0.5) is 0 Å². The maximum absolute atomic E-state index is 10.2. The van der Waals surface area contributed by atoms with Crippen molar-refractivity contribution in [3.05, 3.63) is 59.5 Å². The van der Waals surface area contributed by atoms with Crippen molar-refractivity contribution in [2.24, 2.45) is 10.9 Å². The topological polar surface area (TPSA) is 79.0 Å². The highest BCUT2D eigenvalue weighted by molar-refractivity contribution is 14.0. The molecule has 29 heavy (non-hydrogen) atoms. The maximum Gasteiger partial charge on any atom is 0.191 e. The van der Waals surface area contributed by atoms with Crippen LogP contribution in [0.5, 0.6) is 0 Å². The zero-order valence-electron chi connectivity index (χ0n) is 17.1. The molecule has 3 unspecified atom stereocenters. The van der Waals surface area contributed by atoms with E-state index in [2.05, 4.69) is 46.8 Å². The second-order valence-electron chi connectivity index (χ2n) is 7.24. The molecule has 0 bridgehead atoms. The van der Waals surface area contributed by atoms with Crippen LogP contribution >= 0.6 is 24.0 Å². The standard InChI is InChI=1S/C22H31N3O3.HI/c1-3-23-22(25-15-19(26)20-7-5-12-27-20)24-14-18-6-4-13-28-21(18)17-10-8-16(2)9-11-17;/h5,7-12,18-19,21,26H,3-4,6,13-15H2,1-2H3,(H2,23,24,25);1H. The van der Waals surface area contributed by atoms with Crippen molar-refractivity contribution >= 4 is 29.9 Å². The average Bonchev–Trinajstić information content (AvgIpc) is 3.26. The number of guanidine groups is 1. The molecule has 2 heterocycles. The number of ether oxygens (including phenoxy) is 1. The summed E-state index contributed by atoms with van der Waals surface area (Å²) >= 11 is 0. The summed E-state index contributed by atoms with van der Waals surface area (Å²) in [6, 6.07) is 12.1. The number of nitrogens with zero attached hydrogens (tertiary/aromatic N) is 1. The van der Waals surface area contributed by atoms with Gasteiger partial charge >= 0.3 is 0 Å². The summed E-state index contributed by atoms with van der Waals surface area (Å²) in [7, 11) is 0. The van der Waals surface area contributed by atoms with Crippen LogP contribution in [0.3, 0.4) is 0 Å². The number of halogens is 1. The molecule has 160 valence electrons. The van der Waals surface area contributed by atoms with E-state index in [1.54, 1.807) is 18.4 Å². The number of rotatable bonds is 7. The van der Waals surface area contributed by atoms with Crippen molar-refractivity contribution in [3.63, 3.8) is 0 Å². The Labute approximate surface area is 190 Å². The molecule has 1 aromatic carbocycles. The predicted octanol–water partition coefficient (Wildman–Crippen LogP) is 3.96. The highest BCUT2D eigenvalue weighted by atomic mass is 127. The fourth-order valence-corrected chi connectivity index (χ4v) is 3.50. The molecule has 1 aromatic heterocycles. The van der Waals surface area contributed by atoms with E-state index < -0.39 is 6.10 Å². The van der Waals surface area contributed by atoms with Crippen LogP contribution in [0.1, 0.15) is 48.9 Å². The zero-order chi connectivity index (χ0) is 19.8. The van der Waals surface area contributed by atoms with Crippen LogP contribution in [-0.2, 0) is 4.74 Å². The molecule has 3 rings (SSSR count). The molecule has 1 aliphatic rings. The van der Waals surface area contributed by atoms with E-state index in [1.165, 1.54) is 11.1 Å². The average molecular weight is 513 g/mol. The summed E-state index contributed by atoms with van der Waals surface area (Å²) in [5.74, 6) is 1.59. The van der Waals surface area contributed by atoms with Gasteiger partial charge in [-0.2, -0.15) is 0 Å². The maximum atomic E-state index is 10.2. The Balaban J connectivity index is 0.00000300. The molecule has 6 nitrogen and oxygen atoms in total. The van der Waals surface area contributed by atoms with Crippen LogP contribution in [-0.4, -0.2) is 37.3 Å². The second kappa shape index (κ2) is 12.2. The van der Waals surface area contributed by atoms with Crippen LogP contribution in [0.15, 0.2) is 52.1 Å². The minimum absolute atomic E-state index is 0.